The van der Waals surface area contributed by atoms with Crippen LogP contribution in [-0.2, 0) is 39.4 Å². The van der Waals surface area contributed by atoms with Crippen LogP contribution in [0.5, 0.6) is 5.75 Å². The van der Waals surface area contributed by atoms with Crippen LogP contribution >= 0.6 is 0 Å². The van der Waals surface area contributed by atoms with E-state index in [0.29, 0.717) is 10.3 Å². The van der Waals surface area contributed by atoms with Crippen LogP contribution in [0.4, 0.5) is 27.6 Å². The van der Waals surface area contributed by atoms with Crippen molar-refractivity contribution in [2.45, 2.75) is 39.1 Å². The standard InChI is InChI=1S/C24H20F2N4O4.C18H14F3N3O7S/c1-2-33-24(32)20-21(28-11-16-8-9-17(25)10-19(16)26)18-12-27-14-29-22(18)30(23(20)31)34-13-15-6-4-3-5-7-15;1-2-29-17(26)13-14(31-32(27,28)18(19,20)21)12-8-22-10-23-15(12)24(16(13)25)30-9-11-6-4-3-5-7-11/h3-10,12,14,28H,2,11,13H2,1H3;3-8,10H,2,9H2,1H3. The summed E-state index contributed by atoms with van der Waals surface area (Å²) in [6.07, 6.45) is 4.44. The number of hydrogen-bond acceptors (Lipinski definition) is 16. The molecule has 18 nitrogen and oxygen atoms in total. The number of carbonyl (C=O) groups excluding carboxylic acids is 2. The summed E-state index contributed by atoms with van der Waals surface area (Å²) in [6, 6.07) is 20.8. The SMILES string of the molecule is CCOC(=O)c1c(NCc2ccc(F)cc2F)c2cncnc2n(OCc2ccccc2)c1=O.CCOC(=O)c1c(OS(=O)(=O)C(F)(F)F)c2cncnc2n(OCc2ccccc2)c1=O. The maximum Gasteiger partial charge on any atom is 0.534 e. The van der Waals surface area contributed by atoms with Crippen molar-refractivity contribution in [2.24, 2.45) is 0 Å². The number of ether oxygens (including phenoxy) is 2. The Bertz CT molecular complexity index is 3120. The summed E-state index contributed by atoms with van der Waals surface area (Å²) in [4.78, 5) is 78.3. The molecule has 0 fully saturated rings. The Morgan fingerprint density at radius 1 is 0.712 bits per heavy atom. The van der Waals surface area contributed by atoms with Crippen LogP contribution in [0.1, 0.15) is 51.3 Å². The Balaban J connectivity index is 0.000000219. The molecule has 3 aromatic carbocycles. The number of rotatable bonds is 15. The molecule has 0 spiro atoms. The molecule has 0 unspecified atom stereocenters. The van der Waals surface area contributed by atoms with Crippen LogP contribution in [0.25, 0.3) is 22.1 Å². The largest absolute Gasteiger partial charge is 0.534 e. The number of nitrogens with zero attached hydrogens (tertiary/aromatic N) is 6. The second-order valence-corrected chi connectivity index (χ2v) is 14.7. The Morgan fingerprint density at radius 3 is 1.73 bits per heavy atom. The zero-order valence-electron chi connectivity index (χ0n) is 34.3. The van der Waals surface area contributed by atoms with Crippen LogP contribution in [0, 0.1) is 11.6 Å². The van der Waals surface area contributed by atoms with E-state index in [-0.39, 0.29) is 60.8 Å². The quantitative estimate of drug-likeness (QED) is 0.0595. The fraction of sp³-hybridized carbons (Fsp3) is 0.190. The first kappa shape index (κ1) is 47.5. The molecule has 0 aliphatic heterocycles. The minimum atomic E-state index is -6.25. The highest BCUT2D eigenvalue weighted by Crippen LogP contribution is 2.33. The van der Waals surface area contributed by atoms with E-state index >= 15 is 0 Å². The lowest BCUT2D eigenvalue weighted by Gasteiger charge is -2.17. The summed E-state index contributed by atoms with van der Waals surface area (Å²) in [5.74, 6) is -5.03. The van der Waals surface area contributed by atoms with Gasteiger partial charge in [0.15, 0.2) is 28.2 Å². The molecule has 7 rings (SSSR count). The summed E-state index contributed by atoms with van der Waals surface area (Å²) in [5, 5.41) is 2.68. The van der Waals surface area contributed by atoms with E-state index in [2.05, 4.69) is 29.4 Å². The van der Waals surface area contributed by atoms with E-state index < -0.39 is 72.7 Å². The highest BCUT2D eigenvalue weighted by atomic mass is 32.2. The van der Waals surface area contributed by atoms with Crippen LogP contribution in [0.3, 0.4) is 0 Å². The van der Waals surface area contributed by atoms with Gasteiger partial charge in [-0.05, 0) is 31.0 Å². The van der Waals surface area contributed by atoms with E-state index in [1.165, 1.54) is 25.5 Å². The Morgan fingerprint density at radius 2 is 1.21 bits per heavy atom. The van der Waals surface area contributed by atoms with Gasteiger partial charge in [0.05, 0.1) is 29.7 Å². The number of pyridine rings is 2. The van der Waals surface area contributed by atoms with Gasteiger partial charge in [-0.25, -0.2) is 38.3 Å². The van der Waals surface area contributed by atoms with Crippen LogP contribution in [0.15, 0.2) is 114 Å². The van der Waals surface area contributed by atoms with Crippen molar-refractivity contribution >= 4 is 49.8 Å². The summed E-state index contributed by atoms with van der Waals surface area (Å²) < 4.78 is 105. The van der Waals surface area contributed by atoms with E-state index in [9.17, 15) is 49.5 Å². The van der Waals surface area contributed by atoms with Crippen LogP contribution in [-0.4, -0.2) is 68.5 Å². The first-order chi connectivity index (χ1) is 31.6. The molecule has 7 aromatic rings. The lowest BCUT2D eigenvalue weighted by atomic mass is 10.1. The van der Waals surface area contributed by atoms with Crippen molar-refractivity contribution in [3.63, 3.8) is 0 Å². The highest BCUT2D eigenvalue weighted by Gasteiger charge is 2.49. The summed E-state index contributed by atoms with van der Waals surface area (Å²) >= 11 is 0. The Labute approximate surface area is 369 Å². The van der Waals surface area contributed by atoms with Crippen molar-refractivity contribution in [1.82, 2.24) is 29.4 Å². The molecule has 0 radical (unpaired) electrons. The lowest BCUT2D eigenvalue weighted by molar-refractivity contribution is -0.0500. The number of hydrogen-bond donors (Lipinski definition) is 1. The van der Waals surface area contributed by atoms with Gasteiger partial charge in [-0.15, -0.1) is 9.46 Å². The van der Waals surface area contributed by atoms with Gasteiger partial charge in [0.2, 0.25) is 0 Å². The number of carbonyl (C=O) groups is 2. The molecule has 4 aromatic heterocycles. The van der Waals surface area contributed by atoms with Gasteiger partial charge >= 0.3 is 38.7 Å². The number of esters is 2. The van der Waals surface area contributed by atoms with Gasteiger partial charge in [0.25, 0.3) is 0 Å². The molecule has 0 aliphatic carbocycles. The molecule has 24 heteroatoms. The maximum absolute atomic E-state index is 14.2. The molecule has 0 bridgehead atoms. The van der Waals surface area contributed by atoms with Gasteiger partial charge < -0.3 is 28.6 Å². The topological polar surface area (TPSA) is 222 Å². The number of fused-ring (bicyclic) bond motifs is 2. The maximum atomic E-state index is 14.2. The molecule has 66 heavy (non-hydrogen) atoms. The first-order valence-electron chi connectivity index (χ1n) is 19.2. The fourth-order valence-corrected chi connectivity index (χ4v) is 6.38. The van der Waals surface area contributed by atoms with Crippen molar-refractivity contribution in [3.05, 3.63) is 164 Å². The number of nitrogens with one attached hydrogen (secondary N) is 1. The molecular formula is C42H34F5N7O11S. The van der Waals surface area contributed by atoms with Crippen molar-refractivity contribution in [2.75, 3.05) is 18.5 Å². The van der Waals surface area contributed by atoms with Crippen LogP contribution in [0.2, 0.25) is 0 Å². The summed E-state index contributed by atoms with van der Waals surface area (Å²) in [5.41, 5.74) is -8.18. The zero-order chi connectivity index (χ0) is 47.6. The number of alkyl halides is 3. The second-order valence-electron chi connectivity index (χ2n) is 13.2. The molecule has 0 atom stereocenters. The Hall–Kier alpha value is -8.02. The predicted molar refractivity (Wildman–Crippen MR) is 222 cm³/mol. The lowest BCUT2D eigenvalue weighted by Crippen LogP contribution is -2.35. The molecule has 1 N–H and O–H groups in total. The second kappa shape index (κ2) is 20.7. The molecule has 0 amide bonds. The highest BCUT2D eigenvalue weighted by molar-refractivity contribution is 7.88. The minimum Gasteiger partial charge on any atom is -0.462 e. The predicted octanol–water partition coefficient (Wildman–Crippen LogP) is 5.31. The summed E-state index contributed by atoms with van der Waals surface area (Å²) in [7, 11) is -6.25. The van der Waals surface area contributed by atoms with Gasteiger partial charge in [-0.2, -0.15) is 21.6 Å². The smallest absolute Gasteiger partial charge is 0.462 e. The third kappa shape index (κ3) is 10.7. The molecular weight excluding hydrogens is 906 g/mol. The van der Waals surface area contributed by atoms with E-state index in [0.717, 1.165) is 35.0 Å². The first-order valence-corrected chi connectivity index (χ1v) is 20.6. The summed E-state index contributed by atoms with van der Waals surface area (Å²) in [6.45, 7) is 2.44. The number of halogens is 5. The van der Waals surface area contributed by atoms with E-state index in [4.69, 9.17) is 19.1 Å². The molecule has 0 aliphatic rings. The average Bonchev–Trinajstić information content (AvgIpc) is 3.29. The van der Waals surface area contributed by atoms with Gasteiger partial charge in [0, 0.05) is 30.6 Å². The van der Waals surface area contributed by atoms with Gasteiger partial charge in [-0.3, -0.25) is 9.59 Å². The van der Waals surface area contributed by atoms with Crippen molar-refractivity contribution in [3.8, 4) is 5.75 Å². The van der Waals surface area contributed by atoms with Gasteiger partial charge in [-0.1, -0.05) is 66.7 Å². The monoisotopic (exact) mass is 939 g/mol. The van der Waals surface area contributed by atoms with Crippen molar-refractivity contribution in [1.29, 1.82) is 0 Å². The normalized spacial score (nSPS) is 11.3. The van der Waals surface area contributed by atoms with Crippen molar-refractivity contribution < 1.29 is 63.3 Å². The third-order valence-corrected chi connectivity index (χ3v) is 9.82. The van der Waals surface area contributed by atoms with Crippen LogP contribution < -0.4 is 30.3 Å². The molecule has 4 heterocycles. The zero-order valence-corrected chi connectivity index (χ0v) is 35.1. The number of anilines is 1. The number of aromatic nitrogens is 6. The molecule has 344 valence electrons. The molecule has 0 saturated heterocycles. The van der Waals surface area contributed by atoms with Gasteiger partial charge in [0.1, 0.15) is 37.5 Å². The minimum absolute atomic E-state index is 0.0263. The van der Waals surface area contributed by atoms with E-state index in [1.807, 2.05) is 30.3 Å². The average molecular weight is 940 g/mol. The third-order valence-electron chi connectivity index (χ3n) is 8.87. The Kier molecular flexibility index (Phi) is 14.9. The molecule has 0 saturated carbocycles. The van der Waals surface area contributed by atoms with E-state index in [1.54, 1.807) is 37.3 Å². The fourth-order valence-electron chi connectivity index (χ4n) is 5.89. The number of benzene rings is 3.